The second-order valence-electron chi connectivity index (χ2n) is 4.80. The Morgan fingerprint density at radius 1 is 1.43 bits per heavy atom. The van der Waals surface area contributed by atoms with Crippen molar-refractivity contribution in [2.45, 2.75) is 19.9 Å². The maximum absolute atomic E-state index is 12.5. The zero-order valence-electron chi connectivity index (χ0n) is 11.5. The number of amides is 3. The molecule has 1 heterocycles. The van der Waals surface area contributed by atoms with Gasteiger partial charge >= 0.3 is 0 Å². The molecule has 1 saturated heterocycles. The SMILES string of the molecule is Cc1ccc([N+](=O)[O-])c(C(=O)N2CC(=O)NC(=O)C2C)c1. The molecule has 3 amide bonds. The summed E-state index contributed by atoms with van der Waals surface area (Å²) in [6.07, 6.45) is 0. The Morgan fingerprint density at radius 2 is 2.10 bits per heavy atom. The third-order valence-corrected chi connectivity index (χ3v) is 3.26. The van der Waals surface area contributed by atoms with Gasteiger partial charge in [-0.15, -0.1) is 0 Å². The molecule has 0 saturated carbocycles. The predicted octanol–water partition coefficient (Wildman–Crippen LogP) is 0.390. The zero-order chi connectivity index (χ0) is 15.7. The molecule has 1 unspecified atom stereocenters. The van der Waals surface area contributed by atoms with Crippen LogP contribution in [0.2, 0.25) is 0 Å². The van der Waals surface area contributed by atoms with Gasteiger partial charge in [0.2, 0.25) is 11.8 Å². The number of rotatable bonds is 2. The van der Waals surface area contributed by atoms with Gasteiger partial charge in [-0.1, -0.05) is 6.07 Å². The van der Waals surface area contributed by atoms with E-state index in [1.807, 2.05) is 0 Å². The molecule has 0 aromatic heterocycles. The van der Waals surface area contributed by atoms with Gasteiger partial charge in [-0.3, -0.25) is 29.8 Å². The summed E-state index contributed by atoms with van der Waals surface area (Å²) in [4.78, 5) is 46.8. The summed E-state index contributed by atoms with van der Waals surface area (Å²) < 4.78 is 0. The van der Waals surface area contributed by atoms with Gasteiger partial charge in [0, 0.05) is 6.07 Å². The van der Waals surface area contributed by atoms with Crippen molar-refractivity contribution in [3.63, 3.8) is 0 Å². The molecular formula is C13H13N3O5. The fraction of sp³-hybridized carbons (Fsp3) is 0.308. The molecule has 21 heavy (non-hydrogen) atoms. The van der Waals surface area contributed by atoms with E-state index in [0.717, 1.165) is 4.90 Å². The number of aryl methyl sites for hydroxylation is 1. The van der Waals surface area contributed by atoms with Crippen molar-refractivity contribution in [1.29, 1.82) is 0 Å². The molecule has 0 spiro atoms. The second-order valence-corrected chi connectivity index (χ2v) is 4.80. The summed E-state index contributed by atoms with van der Waals surface area (Å²) in [6, 6.07) is 3.27. The molecule has 0 radical (unpaired) electrons. The zero-order valence-corrected chi connectivity index (χ0v) is 11.5. The van der Waals surface area contributed by atoms with Gasteiger partial charge in [0.05, 0.1) is 4.92 Å². The second kappa shape index (κ2) is 5.31. The Bertz CT molecular complexity index is 655. The Morgan fingerprint density at radius 3 is 2.71 bits per heavy atom. The lowest BCUT2D eigenvalue weighted by Gasteiger charge is -2.31. The van der Waals surface area contributed by atoms with Gasteiger partial charge in [-0.05, 0) is 25.5 Å². The first-order chi connectivity index (χ1) is 9.81. The van der Waals surface area contributed by atoms with E-state index in [9.17, 15) is 24.5 Å². The van der Waals surface area contributed by atoms with E-state index < -0.39 is 28.7 Å². The monoisotopic (exact) mass is 291 g/mol. The number of nitro groups is 1. The van der Waals surface area contributed by atoms with Crippen LogP contribution < -0.4 is 5.32 Å². The number of carbonyl (C=O) groups is 3. The molecule has 1 atom stereocenters. The molecule has 1 aromatic carbocycles. The number of hydrogen-bond acceptors (Lipinski definition) is 5. The third-order valence-electron chi connectivity index (χ3n) is 3.26. The first kappa shape index (κ1) is 14.6. The summed E-state index contributed by atoms with van der Waals surface area (Å²) in [6.45, 7) is 2.84. The van der Waals surface area contributed by atoms with Gasteiger partial charge in [-0.25, -0.2) is 0 Å². The molecule has 1 aliphatic rings. The van der Waals surface area contributed by atoms with Crippen molar-refractivity contribution in [3.8, 4) is 0 Å². The lowest BCUT2D eigenvalue weighted by atomic mass is 10.1. The summed E-state index contributed by atoms with van der Waals surface area (Å²) in [5.41, 5.74) is 0.190. The number of benzene rings is 1. The van der Waals surface area contributed by atoms with Crippen LogP contribution in [0.4, 0.5) is 5.69 Å². The summed E-state index contributed by atoms with van der Waals surface area (Å²) in [5, 5.41) is 13.1. The van der Waals surface area contributed by atoms with Gasteiger partial charge < -0.3 is 4.90 Å². The Labute approximate surface area is 119 Å². The number of piperazine rings is 1. The molecule has 8 nitrogen and oxygen atoms in total. The van der Waals surface area contributed by atoms with E-state index in [4.69, 9.17) is 0 Å². The lowest BCUT2D eigenvalue weighted by molar-refractivity contribution is -0.385. The quantitative estimate of drug-likeness (QED) is 0.481. The lowest BCUT2D eigenvalue weighted by Crippen LogP contribution is -2.58. The highest BCUT2D eigenvalue weighted by molar-refractivity contribution is 6.08. The third kappa shape index (κ3) is 2.73. The summed E-state index contributed by atoms with van der Waals surface area (Å²) in [7, 11) is 0. The van der Waals surface area contributed by atoms with Crippen molar-refractivity contribution in [2.24, 2.45) is 0 Å². The molecule has 1 aromatic rings. The van der Waals surface area contributed by atoms with Crippen LogP contribution in [0.5, 0.6) is 0 Å². The maximum atomic E-state index is 12.5. The van der Waals surface area contributed by atoms with Crippen molar-refractivity contribution in [3.05, 3.63) is 39.4 Å². The fourth-order valence-electron chi connectivity index (χ4n) is 2.10. The highest BCUT2D eigenvalue weighted by Crippen LogP contribution is 2.23. The first-order valence-corrected chi connectivity index (χ1v) is 6.21. The number of nitrogens with one attached hydrogen (secondary N) is 1. The number of hydrogen-bond donors (Lipinski definition) is 1. The van der Waals surface area contributed by atoms with E-state index in [-0.39, 0.29) is 17.8 Å². The highest BCUT2D eigenvalue weighted by atomic mass is 16.6. The van der Waals surface area contributed by atoms with Gasteiger partial charge in [-0.2, -0.15) is 0 Å². The van der Waals surface area contributed by atoms with Crippen LogP contribution in [0, 0.1) is 17.0 Å². The van der Waals surface area contributed by atoms with Crippen LogP contribution in [0.3, 0.4) is 0 Å². The smallest absolute Gasteiger partial charge is 0.282 e. The average molecular weight is 291 g/mol. The molecule has 1 N–H and O–H groups in total. The number of nitro benzene ring substituents is 1. The molecule has 0 aliphatic carbocycles. The summed E-state index contributed by atoms with van der Waals surface area (Å²) in [5.74, 6) is -1.92. The van der Waals surface area contributed by atoms with E-state index in [1.54, 1.807) is 6.92 Å². The standard InChI is InChI=1S/C13H13N3O5/c1-7-3-4-10(16(20)21)9(5-7)13(19)15-6-11(17)14-12(18)8(15)2/h3-5,8H,6H2,1-2H3,(H,14,17,18). The van der Waals surface area contributed by atoms with Crippen molar-refractivity contribution >= 4 is 23.4 Å². The Kier molecular flexibility index (Phi) is 3.70. The number of imide groups is 1. The predicted molar refractivity (Wildman–Crippen MR) is 71.5 cm³/mol. The van der Waals surface area contributed by atoms with E-state index in [0.29, 0.717) is 5.56 Å². The molecule has 1 fully saturated rings. The minimum atomic E-state index is -0.865. The molecule has 1 aliphatic heterocycles. The van der Waals surface area contributed by atoms with Crippen LogP contribution in [0.15, 0.2) is 18.2 Å². The highest BCUT2D eigenvalue weighted by Gasteiger charge is 2.36. The topological polar surface area (TPSA) is 110 Å². The minimum absolute atomic E-state index is 0.130. The van der Waals surface area contributed by atoms with Gasteiger partial charge in [0.25, 0.3) is 11.6 Å². The van der Waals surface area contributed by atoms with Gasteiger partial charge in [0.1, 0.15) is 18.2 Å². The van der Waals surface area contributed by atoms with Crippen LogP contribution in [0.25, 0.3) is 0 Å². The van der Waals surface area contributed by atoms with Crippen molar-refractivity contribution in [1.82, 2.24) is 10.2 Å². The van der Waals surface area contributed by atoms with Gasteiger partial charge in [0.15, 0.2) is 0 Å². The van der Waals surface area contributed by atoms with Crippen molar-refractivity contribution < 1.29 is 19.3 Å². The summed E-state index contributed by atoms with van der Waals surface area (Å²) >= 11 is 0. The minimum Gasteiger partial charge on any atom is -0.317 e. The molecule has 2 rings (SSSR count). The molecular weight excluding hydrogens is 278 g/mol. The number of nitrogens with zero attached hydrogens (tertiary/aromatic N) is 2. The Balaban J connectivity index is 2.44. The largest absolute Gasteiger partial charge is 0.317 e. The molecule has 110 valence electrons. The molecule has 8 heteroatoms. The van der Waals surface area contributed by atoms with Crippen LogP contribution in [0.1, 0.15) is 22.8 Å². The Hall–Kier alpha value is -2.77. The van der Waals surface area contributed by atoms with Crippen LogP contribution in [-0.4, -0.2) is 40.1 Å². The van der Waals surface area contributed by atoms with Crippen LogP contribution >= 0.6 is 0 Å². The number of carbonyl (C=O) groups excluding carboxylic acids is 3. The fourth-order valence-corrected chi connectivity index (χ4v) is 2.10. The average Bonchev–Trinajstić information content (AvgIpc) is 2.41. The normalized spacial score (nSPS) is 18.4. The van der Waals surface area contributed by atoms with Crippen LogP contribution in [-0.2, 0) is 9.59 Å². The first-order valence-electron chi connectivity index (χ1n) is 6.21. The van der Waals surface area contributed by atoms with E-state index in [2.05, 4.69) is 5.32 Å². The van der Waals surface area contributed by atoms with Crippen molar-refractivity contribution in [2.75, 3.05) is 6.54 Å². The van der Waals surface area contributed by atoms with E-state index >= 15 is 0 Å². The van der Waals surface area contributed by atoms with E-state index in [1.165, 1.54) is 25.1 Å². The maximum Gasteiger partial charge on any atom is 0.282 e. The molecule has 0 bridgehead atoms.